The van der Waals surface area contributed by atoms with E-state index >= 15 is 0 Å². The van der Waals surface area contributed by atoms with Crippen molar-refractivity contribution in [2.75, 3.05) is 11.1 Å². The molecule has 2 aromatic rings. The summed E-state index contributed by atoms with van der Waals surface area (Å²) >= 11 is 0. The molecule has 0 saturated carbocycles. The first-order valence-electron chi connectivity index (χ1n) is 5.37. The topological polar surface area (TPSA) is 50.9 Å². The first-order valence-corrected chi connectivity index (χ1v) is 5.37. The fourth-order valence-electron chi connectivity index (χ4n) is 1.53. The van der Waals surface area contributed by atoms with Crippen LogP contribution in [0.1, 0.15) is 11.3 Å². The van der Waals surface area contributed by atoms with E-state index in [4.69, 9.17) is 5.73 Å². The molecule has 0 aliphatic carbocycles. The number of benzene rings is 1. The third kappa shape index (κ3) is 2.72. The molecule has 0 atom stereocenters. The van der Waals surface area contributed by atoms with Crippen molar-refractivity contribution in [3.63, 3.8) is 0 Å². The zero-order chi connectivity index (χ0) is 12.3. The fraction of sp³-hybridized carbons (Fsp3) is 0.154. The van der Waals surface area contributed by atoms with Gasteiger partial charge in [-0.25, -0.2) is 9.37 Å². The van der Waals surface area contributed by atoms with Gasteiger partial charge in [0, 0.05) is 17.8 Å². The number of anilines is 2. The molecule has 0 amide bonds. The summed E-state index contributed by atoms with van der Waals surface area (Å²) in [4.78, 5) is 4.26. The van der Waals surface area contributed by atoms with Crippen LogP contribution in [0.3, 0.4) is 0 Å². The van der Waals surface area contributed by atoms with Gasteiger partial charge in [0.2, 0.25) is 0 Å². The van der Waals surface area contributed by atoms with Crippen molar-refractivity contribution in [3.05, 3.63) is 53.5 Å². The summed E-state index contributed by atoms with van der Waals surface area (Å²) in [5.74, 6) is 0.361. The lowest BCUT2D eigenvalue weighted by molar-refractivity contribution is 0.613. The van der Waals surface area contributed by atoms with Gasteiger partial charge in [-0.15, -0.1) is 0 Å². The van der Waals surface area contributed by atoms with E-state index in [1.807, 2.05) is 13.0 Å². The standard InChI is InChI=1S/C13H14FN3/c1-9-6-7-12(15)13(17-9)16-8-10-4-2-3-5-11(10)14/h2-7H,8,15H2,1H3,(H,16,17). The van der Waals surface area contributed by atoms with Crippen LogP contribution in [0.4, 0.5) is 15.9 Å². The maximum atomic E-state index is 13.4. The van der Waals surface area contributed by atoms with Crippen LogP contribution in [0, 0.1) is 12.7 Å². The second-order valence-electron chi connectivity index (χ2n) is 3.84. The van der Waals surface area contributed by atoms with Crippen molar-refractivity contribution >= 4 is 11.5 Å². The molecule has 3 nitrogen and oxygen atoms in total. The molecular weight excluding hydrogens is 217 g/mol. The predicted octanol–water partition coefficient (Wildman–Crippen LogP) is 2.72. The lowest BCUT2D eigenvalue weighted by Crippen LogP contribution is -2.06. The Morgan fingerprint density at radius 3 is 2.76 bits per heavy atom. The number of rotatable bonds is 3. The van der Waals surface area contributed by atoms with E-state index in [1.54, 1.807) is 24.3 Å². The Balaban J connectivity index is 2.12. The third-order valence-electron chi connectivity index (χ3n) is 2.47. The molecule has 88 valence electrons. The molecule has 0 radical (unpaired) electrons. The van der Waals surface area contributed by atoms with Crippen molar-refractivity contribution in [2.24, 2.45) is 0 Å². The molecule has 0 unspecified atom stereocenters. The molecule has 0 bridgehead atoms. The summed E-state index contributed by atoms with van der Waals surface area (Å²) < 4.78 is 13.4. The molecule has 1 heterocycles. The number of hydrogen-bond acceptors (Lipinski definition) is 3. The summed E-state index contributed by atoms with van der Waals surface area (Å²) in [7, 11) is 0. The molecule has 3 N–H and O–H groups in total. The molecule has 0 saturated heterocycles. The average Bonchev–Trinajstić information content (AvgIpc) is 2.32. The molecule has 1 aromatic heterocycles. The average molecular weight is 231 g/mol. The predicted molar refractivity (Wildman–Crippen MR) is 67.1 cm³/mol. The minimum atomic E-state index is -0.230. The number of nitrogens with one attached hydrogen (secondary N) is 1. The van der Waals surface area contributed by atoms with Gasteiger partial charge in [0.15, 0.2) is 0 Å². The number of aryl methyl sites for hydroxylation is 1. The van der Waals surface area contributed by atoms with E-state index in [-0.39, 0.29) is 5.82 Å². The minimum Gasteiger partial charge on any atom is -0.396 e. The van der Waals surface area contributed by atoms with Crippen molar-refractivity contribution in [3.8, 4) is 0 Å². The number of nitrogen functional groups attached to an aromatic ring is 1. The van der Waals surface area contributed by atoms with E-state index in [9.17, 15) is 4.39 Å². The highest BCUT2D eigenvalue weighted by molar-refractivity contribution is 5.61. The van der Waals surface area contributed by atoms with Crippen LogP contribution in [-0.4, -0.2) is 4.98 Å². The monoisotopic (exact) mass is 231 g/mol. The molecular formula is C13H14FN3. The second kappa shape index (κ2) is 4.82. The SMILES string of the molecule is Cc1ccc(N)c(NCc2ccccc2F)n1. The largest absolute Gasteiger partial charge is 0.396 e. The zero-order valence-electron chi connectivity index (χ0n) is 9.57. The van der Waals surface area contributed by atoms with Gasteiger partial charge in [-0.1, -0.05) is 18.2 Å². The van der Waals surface area contributed by atoms with Gasteiger partial charge in [-0.3, -0.25) is 0 Å². The van der Waals surface area contributed by atoms with Crippen LogP contribution in [-0.2, 0) is 6.54 Å². The third-order valence-corrected chi connectivity index (χ3v) is 2.47. The minimum absolute atomic E-state index is 0.230. The Bertz CT molecular complexity index is 526. The lowest BCUT2D eigenvalue weighted by Gasteiger charge is -2.09. The molecule has 0 spiro atoms. The van der Waals surface area contributed by atoms with Crippen molar-refractivity contribution in [1.82, 2.24) is 4.98 Å². The molecule has 1 aromatic carbocycles. The summed E-state index contributed by atoms with van der Waals surface area (Å²) in [5.41, 5.74) is 7.80. The van der Waals surface area contributed by atoms with E-state index in [2.05, 4.69) is 10.3 Å². The van der Waals surface area contributed by atoms with Crippen LogP contribution in [0.15, 0.2) is 36.4 Å². The molecule has 0 aliphatic rings. The summed E-state index contributed by atoms with van der Waals surface area (Å²) in [6.45, 7) is 2.25. The Morgan fingerprint density at radius 1 is 1.24 bits per heavy atom. The molecule has 17 heavy (non-hydrogen) atoms. The molecule has 0 aliphatic heterocycles. The van der Waals surface area contributed by atoms with Gasteiger partial charge in [-0.2, -0.15) is 0 Å². The number of nitrogens with zero attached hydrogens (tertiary/aromatic N) is 1. The first-order chi connectivity index (χ1) is 8.16. The highest BCUT2D eigenvalue weighted by atomic mass is 19.1. The number of aromatic nitrogens is 1. The molecule has 4 heteroatoms. The van der Waals surface area contributed by atoms with Gasteiger partial charge >= 0.3 is 0 Å². The highest BCUT2D eigenvalue weighted by Crippen LogP contribution is 2.17. The van der Waals surface area contributed by atoms with Crippen molar-refractivity contribution in [2.45, 2.75) is 13.5 Å². The second-order valence-corrected chi connectivity index (χ2v) is 3.84. The van der Waals surface area contributed by atoms with Gasteiger partial charge < -0.3 is 11.1 Å². The van der Waals surface area contributed by atoms with Crippen LogP contribution in [0.2, 0.25) is 0 Å². The number of halogens is 1. The maximum absolute atomic E-state index is 13.4. The first kappa shape index (κ1) is 11.4. The van der Waals surface area contributed by atoms with Crippen LogP contribution in [0.25, 0.3) is 0 Å². The Labute approximate surface area is 99.5 Å². The Kier molecular flexibility index (Phi) is 3.23. The highest BCUT2D eigenvalue weighted by Gasteiger charge is 2.03. The van der Waals surface area contributed by atoms with Gasteiger partial charge in [-0.05, 0) is 25.1 Å². The van der Waals surface area contributed by atoms with Gasteiger partial charge in [0.25, 0.3) is 0 Å². The summed E-state index contributed by atoms with van der Waals surface area (Å²) in [5, 5.41) is 3.03. The van der Waals surface area contributed by atoms with Crippen LogP contribution < -0.4 is 11.1 Å². The van der Waals surface area contributed by atoms with E-state index in [0.717, 1.165) is 5.69 Å². The van der Waals surface area contributed by atoms with Crippen molar-refractivity contribution in [1.29, 1.82) is 0 Å². The number of pyridine rings is 1. The van der Waals surface area contributed by atoms with Crippen LogP contribution >= 0.6 is 0 Å². The van der Waals surface area contributed by atoms with Crippen LogP contribution in [0.5, 0.6) is 0 Å². The van der Waals surface area contributed by atoms with E-state index < -0.39 is 0 Å². The summed E-state index contributed by atoms with van der Waals surface area (Å²) in [6, 6.07) is 10.2. The normalized spacial score (nSPS) is 10.2. The fourth-order valence-corrected chi connectivity index (χ4v) is 1.53. The van der Waals surface area contributed by atoms with E-state index in [1.165, 1.54) is 6.07 Å². The van der Waals surface area contributed by atoms with Gasteiger partial charge in [0.05, 0.1) is 5.69 Å². The smallest absolute Gasteiger partial charge is 0.149 e. The Morgan fingerprint density at radius 2 is 2.00 bits per heavy atom. The lowest BCUT2D eigenvalue weighted by atomic mass is 10.2. The van der Waals surface area contributed by atoms with Gasteiger partial charge in [0.1, 0.15) is 11.6 Å². The maximum Gasteiger partial charge on any atom is 0.149 e. The number of nitrogens with two attached hydrogens (primary N) is 1. The van der Waals surface area contributed by atoms with Crippen molar-refractivity contribution < 1.29 is 4.39 Å². The summed E-state index contributed by atoms with van der Waals surface area (Å²) in [6.07, 6.45) is 0. The number of hydrogen-bond donors (Lipinski definition) is 2. The molecule has 2 rings (SSSR count). The molecule has 0 fully saturated rings. The quantitative estimate of drug-likeness (QED) is 0.854. The zero-order valence-corrected chi connectivity index (χ0v) is 9.57. The Hall–Kier alpha value is -2.10. The van der Waals surface area contributed by atoms with E-state index in [0.29, 0.717) is 23.6 Å².